The Hall–Kier alpha value is -0.708. The van der Waals surface area contributed by atoms with Gasteiger partial charge in [0.1, 0.15) is 0 Å². The number of hydrogen-bond acceptors (Lipinski definition) is 7. The molecule has 0 aliphatic rings. The quantitative estimate of drug-likeness (QED) is 0.449. The molecule has 0 aliphatic carbocycles. The molecule has 0 atom stereocenters. The Labute approximate surface area is 101 Å². The molecule has 74 valence electrons. The number of nitrogens with zero attached hydrogens (tertiary/aromatic N) is 1. The molecule has 0 aromatic carbocycles. The molecule has 0 N–H and O–H groups in total. The van der Waals surface area contributed by atoms with E-state index in [0.29, 0.717) is 4.90 Å². The number of carbonyl (C=O) groups is 3. The van der Waals surface area contributed by atoms with E-state index in [9.17, 15) is 29.7 Å². The van der Waals surface area contributed by atoms with Crippen LogP contribution >= 0.6 is 0 Å². The van der Waals surface area contributed by atoms with Crippen LogP contribution < -0.4 is 15.3 Å². The third-order valence-corrected chi connectivity index (χ3v) is 1.06. The largest absolute Gasteiger partial charge is 2.00 e. The van der Waals surface area contributed by atoms with Crippen LogP contribution in [0.2, 0.25) is 0 Å². The molecule has 0 aromatic heterocycles. The molecule has 0 saturated heterocycles. The van der Waals surface area contributed by atoms with Gasteiger partial charge in [0.25, 0.3) is 0 Å². The minimum absolute atomic E-state index is 0. The Bertz CT molecular complexity index is 198. The summed E-state index contributed by atoms with van der Waals surface area (Å²) < 4.78 is 0. The summed E-state index contributed by atoms with van der Waals surface area (Å²) in [6.45, 7) is -2.37. The zero-order chi connectivity index (χ0) is 10.4. The molecule has 0 aromatic rings. The molecule has 0 bridgehead atoms. The minimum Gasteiger partial charge on any atom is -0.549 e. The summed E-state index contributed by atoms with van der Waals surface area (Å²) in [4.78, 5) is 30.6. The van der Waals surface area contributed by atoms with E-state index in [-0.39, 0.29) is 28.7 Å². The Balaban J connectivity index is -0.000000720. The maximum atomic E-state index is 9.99. The Morgan fingerprint density at radius 3 is 1.21 bits per heavy atom. The summed E-state index contributed by atoms with van der Waals surface area (Å²) in [5.41, 5.74) is 0. The summed E-state index contributed by atoms with van der Waals surface area (Å²) in [6.07, 6.45) is 0. The molecule has 0 amide bonds. The van der Waals surface area contributed by atoms with Crippen LogP contribution in [0.4, 0.5) is 0 Å². The van der Waals surface area contributed by atoms with Crippen LogP contribution in [0.15, 0.2) is 0 Å². The molecule has 0 spiro atoms. The zero-order valence-corrected chi connectivity index (χ0v) is 11.3. The van der Waals surface area contributed by atoms with Gasteiger partial charge in [-0.15, -0.1) is 0 Å². The number of carboxylic acids is 3. The van der Waals surface area contributed by atoms with Crippen LogP contribution in [-0.2, 0) is 41.7 Å². The second kappa shape index (κ2) is 7.67. The first-order valence-electron chi connectivity index (χ1n) is 3.23. The fourth-order valence-corrected chi connectivity index (χ4v) is 0.715. The van der Waals surface area contributed by atoms with E-state index >= 15 is 0 Å². The number of carboxylic acid groups (broad SMARTS) is 3. The van der Waals surface area contributed by atoms with Crippen LogP contribution in [0.3, 0.4) is 0 Å². The zero-order valence-electron chi connectivity index (χ0n) is 8.23. The molecule has 14 heavy (non-hydrogen) atoms. The molecule has 0 unspecified atom stereocenters. The third-order valence-electron chi connectivity index (χ3n) is 1.06. The Morgan fingerprint density at radius 1 is 0.857 bits per heavy atom. The SMILES string of the molecule is O=C([O-])CN(CC(=O)[O-])CC(=O)[O-].[Cd+2].[H+]. The number of rotatable bonds is 6. The predicted octanol–water partition coefficient (Wildman–Crippen LogP) is -5.35. The van der Waals surface area contributed by atoms with Gasteiger partial charge < -0.3 is 29.7 Å². The fourth-order valence-electron chi connectivity index (χ4n) is 0.715. The molecule has 0 aliphatic heterocycles. The molecule has 0 rings (SSSR count). The first-order valence-corrected chi connectivity index (χ1v) is 3.23. The molecule has 0 saturated carbocycles. The summed E-state index contributed by atoms with van der Waals surface area (Å²) >= 11 is 0. The molecule has 0 fully saturated rings. The van der Waals surface area contributed by atoms with Crippen LogP contribution in [0.25, 0.3) is 0 Å². The van der Waals surface area contributed by atoms with Crippen molar-refractivity contribution in [2.24, 2.45) is 0 Å². The van der Waals surface area contributed by atoms with Gasteiger partial charge in [-0.1, -0.05) is 0 Å². The van der Waals surface area contributed by atoms with Gasteiger partial charge in [0.05, 0.1) is 17.9 Å². The van der Waals surface area contributed by atoms with Crippen molar-refractivity contribution in [3.05, 3.63) is 0 Å². The fraction of sp³-hybridized carbons (Fsp3) is 0.500. The van der Waals surface area contributed by atoms with Crippen molar-refractivity contribution < 1.29 is 58.4 Å². The van der Waals surface area contributed by atoms with Crippen molar-refractivity contribution in [1.82, 2.24) is 4.90 Å². The minimum atomic E-state index is -1.57. The van der Waals surface area contributed by atoms with E-state index in [0.717, 1.165) is 0 Å². The van der Waals surface area contributed by atoms with E-state index < -0.39 is 37.5 Å². The second-order valence-electron chi connectivity index (χ2n) is 2.26. The number of hydrogen-bond donors (Lipinski definition) is 0. The van der Waals surface area contributed by atoms with Gasteiger partial charge >= 0.3 is 28.7 Å². The molecule has 0 heterocycles. The van der Waals surface area contributed by atoms with Crippen molar-refractivity contribution in [2.75, 3.05) is 19.6 Å². The average Bonchev–Trinajstić information content (AvgIpc) is 1.80. The number of carbonyl (C=O) groups excluding carboxylic acids is 3. The summed E-state index contributed by atoms with van der Waals surface area (Å²) in [6, 6.07) is 0. The molecular weight excluding hydrogens is 294 g/mol. The molecule has 0 radical (unpaired) electrons. The van der Waals surface area contributed by atoms with Crippen molar-refractivity contribution in [1.29, 1.82) is 0 Å². The predicted molar refractivity (Wildman–Crippen MR) is 32.6 cm³/mol. The molecule has 7 nitrogen and oxygen atoms in total. The second-order valence-corrected chi connectivity index (χ2v) is 2.26. The van der Waals surface area contributed by atoms with Crippen molar-refractivity contribution in [3.8, 4) is 0 Å². The molecular formula is C6H7CdNO6. The van der Waals surface area contributed by atoms with Crippen molar-refractivity contribution in [3.63, 3.8) is 0 Å². The topological polar surface area (TPSA) is 124 Å². The van der Waals surface area contributed by atoms with Crippen LogP contribution in [0.1, 0.15) is 1.43 Å². The van der Waals surface area contributed by atoms with Gasteiger partial charge in [0.2, 0.25) is 0 Å². The first kappa shape index (κ1) is 15.8. The number of aliphatic carboxylic acids is 3. The van der Waals surface area contributed by atoms with Crippen LogP contribution in [-0.4, -0.2) is 42.4 Å². The van der Waals surface area contributed by atoms with Gasteiger partial charge in [0, 0.05) is 19.6 Å². The first-order chi connectivity index (χ1) is 5.91. The van der Waals surface area contributed by atoms with E-state index in [1.54, 1.807) is 0 Å². The van der Waals surface area contributed by atoms with E-state index in [2.05, 4.69) is 0 Å². The monoisotopic (exact) mass is 303 g/mol. The van der Waals surface area contributed by atoms with Crippen molar-refractivity contribution >= 4 is 17.9 Å². The summed E-state index contributed by atoms with van der Waals surface area (Å²) in [5, 5.41) is 30.0. The normalized spacial score (nSPS) is 9.21. The average molecular weight is 302 g/mol. The van der Waals surface area contributed by atoms with Gasteiger partial charge in [-0.25, -0.2) is 0 Å². The van der Waals surface area contributed by atoms with Gasteiger partial charge in [-0.05, 0) is 0 Å². The summed E-state index contributed by atoms with van der Waals surface area (Å²) in [7, 11) is 0. The van der Waals surface area contributed by atoms with Crippen LogP contribution in [0.5, 0.6) is 0 Å². The smallest absolute Gasteiger partial charge is 0.549 e. The third kappa shape index (κ3) is 9.38. The maximum Gasteiger partial charge on any atom is 2.00 e. The van der Waals surface area contributed by atoms with E-state index in [1.165, 1.54) is 0 Å². The van der Waals surface area contributed by atoms with Crippen LogP contribution in [0, 0.1) is 0 Å². The standard InChI is InChI=1S/C6H9NO6.Cd/c8-4(9)1-7(2-5(10)11)3-6(12)13;/h1-3H2,(H,8,9)(H,10,11)(H,12,13);/q;+2/p-2. The van der Waals surface area contributed by atoms with E-state index in [1.807, 2.05) is 0 Å². The van der Waals surface area contributed by atoms with Crippen molar-refractivity contribution in [2.45, 2.75) is 0 Å². The maximum absolute atomic E-state index is 9.99. The van der Waals surface area contributed by atoms with E-state index in [4.69, 9.17) is 0 Å². The molecule has 8 heteroatoms. The van der Waals surface area contributed by atoms with Gasteiger partial charge in [-0.3, -0.25) is 4.90 Å². The Morgan fingerprint density at radius 2 is 1.07 bits per heavy atom. The summed E-state index contributed by atoms with van der Waals surface area (Å²) in [5.74, 6) is -4.70. The van der Waals surface area contributed by atoms with Gasteiger partial charge in [0.15, 0.2) is 0 Å². The van der Waals surface area contributed by atoms with Gasteiger partial charge in [-0.2, -0.15) is 0 Å². The Kier molecular flexibility index (Phi) is 8.63.